The zero-order valence-electron chi connectivity index (χ0n) is 23.9. The van der Waals surface area contributed by atoms with E-state index >= 15 is 0 Å². The molecule has 2 fully saturated rings. The van der Waals surface area contributed by atoms with Crippen LogP contribution in [-0.4, -0.2) is 74.3 Å². The molecule has 2 aliphatic heterocycles. The summed E-state index contributed by atoms with van der Waals surface area (Å²) in [5.74, 6) is 0.940. The van der Waals surface area contributed by atoms with Crippen molar-refractivity contribution in [1.82, 2.24) is 35.1 Å². The van der Waals surface area contributed by atoms with Crippen LogP contribution in [0.5, 0.6) is 0 Å². The maximum absolute atomic E-state index is 13.9. The van der Waals surface area contributed by atoms with Gasteiger partial charge < -0.3 is 15.1 Å². The zero-order chi connectivity index (χ0) is 28.6. The number of carbonyl (C=O) groups excluding carboxylic acids is 2. The highest BCUT2D eigenvalue weighted by molar-refractivity contribution is 5.96. The Morgan fingerprint density at radius 2 is 1.75 bits per heavy atom. The van der Waals surface area contributed by atoms with Crippen LogP contribution < -0.4 is 5.32 Å². The van der Waals surface area contributed by atoms with Gasteiger partial charge in [0.05, 0.1) is 28.7 Å². The lowest BCUT2D eigenvalue weighted by Gasteiger charge is -2.25. The third-order valence-electron chi connectivity index (χ3n) is 8.18. The Bertz CT molecular complexity index is 1370. The summed E-state index contributed by atoms with van der Waals surface area (Å²) in [6, 6.07) is 9.98. The quantitative estimate of drug-likeness (QED) is 0.463. The maximum atomic E-state index is 13.9. The van der Waals surface area contributed by atoms with Gasteiger partial charge in [0.2, 0.25) is 5.91 Å². The Kier molecular flexibility index (Phi) is 7.98. The molecule has 2 aromatic heterocycles. The van der Waals surface area contributed by atoms with Gasteiger partial charge in [0.15, 0.2) is 5.82 Å². The van der Waals surface area contributed by atoms with E-state index < -0.39 is 0 Å². The van der Waals surface area contributed by atoms with Crippen molar-refractivity contribution < 1.29 is 14.0 Å². The van der Waals surface area contributed by atoms with Gasteiger partial charge in [-0.05, 0) is 68.9 Å². The molecule has 5 rings (SSSR count). The third-order valence-corrected chi connectivity index (χ3v) is 8.18. The lowest BCUT2D eigenvalue weighted by molar-refractivity contribution is -0.124. The van der Waals surface area contributed by atoms with Crippen LogP contribution in [0.3, 0.4) is 0 Å². The van der Waals surface area contributed by atoms with Gasteiger partial charge in [0.1, 0.15) is 5.82 Å². The van der Waals surface area contributed by atoms with Gasteiger partial charge in [-0.25, -0.2) is 9.07 Å². The van der Waals surface area contributed by atoms with E-state index in [2.05, 4.69) is 25.5 Å². The topological polar surface area (TPSA) is 96.2 Å². The number of benzene rings is 1. The molecule has 0 radical (unpaired) electrons. The molecular weight excluding hydrogens is 509 g/mol. The number of hydrogen-bond donors (Lipinski definition) is 1. The second kappa shape index (κ2) is 11.4. The minimum Gasteiger partial charge on any atom is -0.349 e. The van der Waals surface area contributed by atoms with E-state index in [1.165, 1.54) is 12.1 Å². The third kappa shape index (κ3) is 5.77. The molecule has 10 heteroatoms. The number of halogens is 1. The molecule has 3 aromatic rings. The predicted molar refractivity (Wildman–Crippen MR) is 149 cm³/mol. The number of amides is 2. The molecule has 4 heterocycles. The van der Waals surface area contributed by atoms with E-state index in [4.69, 9.17) is 0 Å². The van der Waals surface area contributed by atoms with E-state index in [0.717, 1.165) is 36.6 Å². The second-order valence-corrected chi connectivity index (χ2v) is 11.5. The van der Waals surface area contributed by atoms with Crippen molar-refractivity contribution in [3.8, 4) is 5.82 Å². The fraction of sp³-hybridized carbons (Fsp3) is 0.500. The molecular formula is C30H38FN7O2. The van der Waals surface area contributed by atoms with Crippen molar-refractivity contribution in [3.05, 3.63) is 70.4 Å². The minimum atomic E-state index is -0.301. The lowest BCUT2D eigenvalue weighted by atomic mass is 10.0. The lowest BCUT2D eigenvalue weighted by Crippen LogP contribution is -2.36. The van der Waals surface area contributed by atoms with Gasteiger partial charge in [0.25, 0.3) is 5.91 Å². The number of nitrogens with one attached hydrogen (secondary N) is 1. The van der Waals surface area contributed by atoms with E-state index in [1.807, 2.05) is 57.7 Å². The minimum absolute atomic E-state index is 0.0184. The largest absolute Gasteiger partial charge is 0.349 e. The monoisotopic (exact) mass is 547 g/mol. The van der Waals surface area contributed by atoms with E-state index in [-0.39, 0.29) is 29.6 Å². The molecule has 3 atom stereocenters. The summed E-state index contributed by atoms with van der Waals surface area (Å²) in [5.41, 5.74) is 3.71. The highest BCUT2D eigenvalue weighted by atomic mass is 19.1. The fourth-order valence-corrected chi connectivity index (χ4v) is 5.97. The molecule has 0 saturated carbocycles. The van der Waals surface area contributed by atoms with Crippen molar-refractivity contribution in [1.29, 1.82) is 0 Å². The average molecular weight is 548 g/mol. The smallest absolute Gasteiger partial charge is 0.257 e. The highest BCUT2D eigenvalue weighted by Crippen LogP contribution is 2.33. The number of aryl methyl sites for hydroxylation is 2. The van der Waals surface area contributed by atoms with Crippen molar-refractivity contribution in [3.63, 3.8) is 0 Å². The first-order valence-electron chi connectivity index (χ1n) is 14.0. The summed E-state index contributed by atoms with van der Waals surface area (Å²) in [6.45, 7) is 13.4. The number of fused-ring (bicyclic) bond motifs is 1. The van der Waals surface area contributed by atoms with Crippen LogP contribution in [0.25, 0.3) is 5.82 Å². The average Bonchev–Trinajstić information content (AvgIpc) is 3.57. The van der Waals surface area contributed by atoms with Crippen molar-refractivity contribution >= 4 is 11.8 Å². The Morgan fingerprint density at radius 3 is 2.38 bits per heavy atom. The van der Waals surface area contributed by atoms with Crippen molar-refractivity contribution in [2.45, 2.75) is 47.1 Å². The summed E-state index contributed by atoms with van der Waals surface area (Å²) in [5, 5.41) is 16.0. The molecule has 40 heavy (non-hydrogen) atoms. The van der Waals surface area contributed by atoms with Gasteiger partial charge in [-0.1, -0.05) is 26.0 Å². The van der Waals surface area contributed by atoms with E-state index in [9.17, 15) is 14.0 Å². The molecule has 0 aliphatic carbocycles. The molecule has 3 unspecified atom stereocenters. The van der Waals surface area contributed by atoms with Gasteiger partial charge in [-0.15, -0.1) is 5.10 Å². The number of carbonyl (C=O) groups is 2. The van der Waals surface area contributed by atoms with Crippen LogP contribution in [0.1, 0.15) is 59.3 Å². The SMILES string of the molecule is Cc1ccc(-n2nc(C)c(C(=O)N3CC4CN(CCC(NC(=O)C(C)C)c5cccc(F)c5)CC4C3)c2C)nn1. The summed E-state index contributed by atoms with van der Waals surface area (Å²) < 4.78 is 15.6. The van der Waals surface area contributed by atoms with Gasteiger partial charge >= 0.3 is 0 Å². The van der Waals surface area contributed by atoms with Crippen LogP contribution in [0.15, 0.2) is 36.4 Å². The number of rotatable bonds is 8. The number of hydrogen-bond acceptors (Lipinski definition) is 6. The summed E-state index contributed by atoms with van der Waals surface area (Å²) >= 11 is 0. The molecule has 0 spiro atoms. The standard InChI is InChI=1S/C30H38FN7O2/c1-18(2)29(39)32-26(22-7-6-8-25(31)13-22)11-12-36-14-23-16-37(17-24(23)15-36)30(40)28-20(4)35-38(21(28)5)27-10-9-19(3)33-34-27/h6-10,13,18,23-24,26H,11-12,14-17H2,1-5H3,(H,32,39). The molecule has 212 valence electrons. The highest BCUT2D eigenvalue weighted by Gasteiger charge is 2.42. The summed E-state index contributed by atoms with van der Waals surface area (Å²) in [7, 11) is 0. The number of likely N-dealkylation sites (tertiary alicyclic amines) is 2. The van der Waals surface area contributed by atoms with Crippen LogP contribution in [0.4, 0.5) is 4.39 Å². The van der Waals surface area contributed by atoms with E-state index in [0.29, 0.717) is 48.4 Å². The maximum Gasteiger partial charge on any atom is 0.257 e. The molecule has 0 bridgehead atoms. The van der Waals surface area contributed by atoms with Crippen LogP contribution in [-0.2, 0) is 4.79 Å². The molecule has 1 N–H and O–H groups in total. The fourth-order valence-electron chi connectivity index (χ4n) is 5.97. The Balaban J connectivity index is 1.20. The first-order chi connectivity index (χ1) is 19.1. The Labute approximate surface area is 234 Å². The molecule has 1 aromatic carbocycles. The normalized spacial score (nSPS) is 19.7. The Morgan fingerprint density at radius 1 is 1.02 bits per heavy atom. The van der Waals surface area contributed by atoms with Gasteiger partial charge in [0, 0.05) is 38.6 Å². The second-order valence-electron chi connectivity index (χ2n) is 11.5. The molecule has 2 aliphatic rings. The van der Waals surface area contributed by atoms with Crippen molar-refractivity contribution in [2.75, 3.05) is 32.7 Å². The first-order valence-corrected chi connectivity index (χ1v) is 14.0. The van der Waals surface area contributed by atoms with Crippen LogP contribution in [0, 0.1) is 44.3 Å². The van der Waals surface area contributed by atoms with Gasteiger partial charge in [-0.2, -0.15) is 10.2 Å². The number of nitrogens with zero attached hydrogens (tertiary/aromatic N) is 6. The molecule has 2 saturated heterocycles. The van der Waals surface area contributed by atoms with Crippen LogP contribution in [0.2, 0.25) is 0 Å². The molecule has 2 amide bonds. The predicted octanol–water partition coefficient (Wildman–Crippen LogP) is 3.63. The van der Waals surface area contributed by atoms with Crippen molar-refractivity contribution in [2.24, 2.45) is 17.8 Å². The van der Waals surface area contributed by atoms with Gasteiger partial charge in [-0.3, -0.25) is 9.59 Å². The molecule has 9 nitrogen and oxygen atoms in total. The summed E-state index contributed by atoms with van der Waals surface area (Å²) in [4.78, 5) is 30.4. The first kappa shape index (κ1) is 27.9. The van der Waals surface area contributed by atoms with E-state index in [1.54, 1.807) is 10.7 Å². The zero-order valence-corrected chi connectivity index (χ0v) is 23.9. The van der Waals surface area contributed by atoms with Crippen LogP contribution >= 0.6 is 0 Å². The Hall–Kier alpha value is -3.66. The summed E-state index contributed by atoms with van der Waals surface area (Å²) in [6.07, 6.45) is 0.698. The number of aromatic nitrogens is 4.